The molecule has 2 aromatic carbocycles. The minimum Gasteiger partial charge on any atom is -0.338 e. The Labute approximate surface area is 216 Å². The zero-order valence-electron chi connectivity index (χ0n) is 19.0. The van der Waals surface area contributed by atoms with Crippen LogP contribution in [0.5, 0.6) is 0 Å². The van der Waals surface area contributed by atoms with E-state index in [2.05, 4.69) is 4.40 Å². The molecular weight excluding hydrogens is 524 g/mol. The van der Waals surface area contributed by atoms with Crippen molar-refractivity contribution in [3.8, 4) is 0 Å². The van der Waals surface area contributed by atoms with Gasteiger partial charge in [-0.1, -0.05) is 42.3 Å². The van der Waals surface area contributed by atoms with E-state index in [1.807, 2.05) is 32.9 Å². The van der Waals surface area contributed by atoms with Crippen LogP contribution in [0.4, 0.5) is 13.2 Å². The highest BCUT2D eigenvalue weighted by molar-refractivity contribution is 8.00. The maximum Gasteiger partial charge on any atom is 0.409 e. The summed E-state index contributed by atoms with van der Waals surface area (Å²) < 4.78 is 44.9. The van der Waals surface area contributed by atoms with Crippen molar-refractivity contribution in [2.45, 2.75) is 44.7 Å². The van der Waals surface area contributed by atoms with Gasteiger partial charge >= 0.3 is 6.18 Å². The quantitative estimate of drug-likeness (QED) is 0.317. The second-order valence-corrected chi connectivity index (χ2v) is 11.2. The predicted molar refractivity (Wildman–Crippen MR) is 138 cm³/mol. The van der Waals surface area contributed by atoms with Gasteiger partial charge < -0.3 is 4.90 Å². The summed E-state index contributed by atoms with van der Waals surface area (Å²) in [6, 6.07) is 9.49. The highest BCUT2D eigenvalue weighted by Gasteiger charge is 2.60. The Balaban J connectivity index is 1.84. The molecule has 3 rings (SSSR count). The molecule has 34 heavy (non-hydrogen) atoms. The summed E-state index contributed by atoms with van der Waals surface area (Å²) in [5, 5.41) is 0.292. The Kier molecular flexibility index (Phi) is 8.93. The number of thioether (sulfide) groups is 1. The molecule has 0 radical (unpaired) electrons. The molecule has 0 aromatic heterocycles. The Morgan fingerprint density at radius 2 is 1.85 bits per heavy atom. The predicted octanol–water partition coefficient (Wildman–Crippen LogP) is 7.70. The minimum atomic E-state index is -4.57. The van der Waals surface area contributed by atoms with Gasteiger partial charge in [0.25, 0.3) is 0 Å². The smallest absolute Gasteiger partial charge is 0.338 e. The van der Waals surface area contributed by atoms with Crippen LogP contribution in [0.15, 0.2) is 40.8 Å². The number of halogens is 5. The number of rotatable bonds is 8. The van der Waals surface area contributed by atoms with Gasteiger partial charge in [0.15, 0.2) is 4.75 Å². The largest absolute Gasteiger partial charge is 0.409 e. The van der Waals surface area contributed by atoms with Crippen molar-refractivity contribution >= 4 is 58.5 Å². The van der Waals surface area contributed by atoms with Gasteiger partial charge in [-0.05, 0) is 78.1 Å². The molecular formula is C24H25Cl2F3N2OS2. The number of carbonyl (C=O) groups is 1. The molecule has 0 saturated heterocycles. The molecule has 184 valence electrons. The van der Waals surface area contributed by atoms with E-state index in [0.29, 0.717) is 42.1 Å². The number of carbonyl (C=O) groups excluding carboxylic acids is 1. The van der Waals surface area contributed by atoms with Crippen LogP contribution < -0.4 is 0 Å². The van der Waals surface area contributed by atoms with Crippen molar-refractivity contribution in [1.29, 1.82) is 0 Å². The van der Waals surface area contributed by atoms with Crippen molar-refractivity contribution in [1.82, 2.24) is 4.90 Å². The third kappa shape index (κ3) is 5.89. The van der Waals surface area contributed by atoms with Crippen molar-refractivity contribution in [3.63, 3.8) is 0 Å². The summed E-state index contributed by atoms with van der Waals surface area (Å²) in [6.45, 7) is 6.88. The first kappa shape index (κ1) is 27.2. The van der Waals surface area contributed by atoms with E-state index in [1.165, 1.54) is 18.2 Å². The number of aryl methyl sites for hydroxylation is 1. The van der Waals surface area contributed by atoms with Gasteiger partial charge in [0.2, 0.25) is 5.91 Å². The molecule has 0 spiro atoms. The SMILES string of the molecule is CCSCC(=O)N(CC)Cc1ccc(C2=NSC(c3cc(Cl)cc(Cl)c3)(C(F)(F)F)C2)cc1C. The first-order chi connectivity index (χ1) is 16.0. The molecule has 1 aliphatic heterocycles. The van der Waals surface area contributed by atoms with E-state index < -0.39 is 10.9 Å². The van der Waals surface area contributed by atoms with Crippen molar-refractivity contribution < 1.29 is 18.0 Å². The van der Waals surface area contributed by atoms with E-state index in [1.54, 1.807) is 22.7 Å². The second kappa shape index (κ2) is 11.1. The third-order valence-electron chi connectivity index (χ3n) is 5.72. The molecule has 1 atom stereocenters. The molecule has 10 heteroatoms. The lowest BCUT2D eigenvalue weighted by atomic mass is 9.89. The van der Waals surface area contributed by atoms with Crippen LogP contribution in [-0.2, 0) is 16.1 Å². The van der Waals surface area contributed by atoms with Gasteiger partial charge in [-0.25, -0.2) is 4.40 Å². The molecule has 0 fully saturated rings. The zero-order valence-corrected chi connectivity index (χ0v) is 22.2. The van der Waals surface area contributed by atoms with Crippen LogP contribution in [0.2, 0.25) is 10.0 Å². The van der Waals surface area contributed by atoms with E-state index in [4.69, 9.17) is 23.2 Å². The Morgan fingerprint density at radius 1 is 1.18 bits per heavy atom. The van der Waals surface area contributed by atoms with Gasteiger partial charge in [-0.2, -0.15) is 24.9 Å². The molecule has 3 nitrogen and oxygen atoms in total. The van der Waals surface area contributed by atoms with E-state index in [0.717, 1.165) is 16.9 Å². The van der Waals surface area contributed by atoms with Gasteiger partial charge in [-0.3, -0.25) is 4.79 Å². The van der Waals surface area contributed by atoms with Crippen LogP contribution in [0.3, 0.4) is 0 Å². The first-order valence-corrected chi connectivity index (χ1v) is 13.4. The number of benzene rings is 2. The van der Waals surface area contributed by atoms with Crippen LogP contribution in [0, 0.1) is 6.92 Å². The summed E-state index contributed by atoms with van der Waals surface area (Å²) >= 11 is 14.1. The van der Waals surface area contributed by atoms with Crippen LogP contribution in [0.1, 0.15) is 42.5 Å². The molecule has 1 aliphatic rings. The highest BCUT2D eigenvalue weighted by atomic mass is 35.5. The maximum absolute atomic E-state index is 14.3. The number of alkyl halides is 3. The van der Waals surface area contributed by atoms with E-state index in [9.17, 15) is 18.0 Å². The fraction of sp³-hybridized carbons (Fsp3) is 0.417. The molecule has 0 bridgehead atoms. The normalized spacial score (nSPS) is 18.2. The summed E-state index contributed by atoms with van der Waals surface area (Å²) in [5.74, 6) is 1.38. The van der Waals surface area contributed by atoms with Crippen molar-refractivity contribution in [2.24, 2.45) is 4.40 Å². The lowest BCUT2D eigenvalue weighted by Gasteiger charge is -2.30. The molecule has 0 saturated carbocycles. The Morgan fingerprint density at radius 3 is 2.41 bits per heavy atom. The fourth-order valence-electron chi connectivity index (χ4n) is 3.76. The van der Waals surface area contributed by atoms with E-state index >= 15 is 0 Å². The standard InChI is InChI=1S/C24H25Cl2F3N2OS2/c1-4-31(22(32)14-33-5-2)13-17-7-6-16(8-15(17)3)21-12-23(34-30-21,24(27,28)29)18-9-19(25)11-20(26)10-18/h6-11H,4-5,12-14H2,1-3H3. The van der Waals surface area contributed by atoms with Crippen LogP contribution in [-0.4, -0.2) is 40.7 Å². The molecule has 1 heterocycles. The number of hydrogen-bond acceptors (Lipinski definition) is 4. The lowest BCUT2D eigenvalue weighted by Crippen LogP contribution is -2.38. The fourth-order valence-corrected chi connectivity index (χ4v) is 5.81. The number of nitrogens with zero attached hydrogens (tertiary/aromatic N) is 2. The van der Waals surface area contributed by atoms with Gasteiger partial charge in [0.1, 0.15) is 0 Å². The van der Waals surface area contributed by atoms with E-state index in [-0.39, 0.29) is 27.9 Å². The van der Waals surface area contributed by atoms with Crippen LogP contribution >= 0.6 is 46.9 Å². The summed E-state index contributed by atoms with van der Waals surface area (Å²) in [7, 11) is 0. The van der Waals surface area contributed by atoms with Crippen molar-refractivity contribution in [2.75, 3.05) is 18.1 Å². The average molecular weight is 550 g/mol. The number of hydrogen-bond donors (Lipinski definition) is 0. The lowest BCUT2D eigenvalue weighted by molar-refractivity contribution is -0.159. The van der Waals surface area contributed by atoms with Gasteiger partial charge in [0, 0.05) is 29.6 Å². The maximum atomic E-state index is 14.3. The molecule has 0 N–H and O–H groups in total. The zero-order chi connectivity index (χ0) is 25.1. The minimum absolute atomic E-state index is 0.0170. The third-order valence-corrected chi connectivity index (χ3v) is 8.25. The van der Waals surface area contributed by atoms with Crippen molar-refractivity contribution in [3.05, 3.63) is 68.7 Å². The number of amides is 1. The first-order valence-electron chi connectivity index (χ1n) is 10.7. The molecule has 1 unspecified atom stereocenters. The average Bonchev–Trinajstić information content (AvgIpc) is 3.23. The Bertz CT molecular complexity index is 1070. The van der Waals surface area contributed by atoms with Crippen LogP contribution in [0.25, 0.3) is 0 Å². The summed E-state index contributed by atoms with van der Waals surface area (Å²) in [4.78, 5) is 14.2. The topological polar surface area (TPSA) is 32.7 Å². The summed E-state index contributed by atoms with van der Waals surface area (Å²) in [5.41, 5.74) is 2.82. The molecule has 1 amide bonds. The molecule has 0 aliphatic carbocycles. The Hall–Kier alpha value is -1.35. The monoisotopic (exact) mass is 548 g/mol. The summed E-state index contributed by atoms with van der Waals surface area (Å²) in [6.07, 6.45) is -4.89. The second-order valence-electron chi connectivity index (χ2n) is 7.98. The molecule has 2 aromatic rings. The van der Waals surface area contributed by atoms with Gasteiger partial charge in [0.05, 0.1) is 11.5 Å². The van der Waals surface area contributed by atoms with Gasteiger partial charge in [-0.15, -0.1) is 0 Å². The highest BCUT2D eigenvalue weighted by Crippen LogP contribution is 2.57.